The molecule has 3 N–H and O–H groups in total. The third-order valence-electron chi connectivity index (χ3n) is 2.92. The molecule has 1 unspecified atom stereocenters. The number of unbranched alkanes of at least 4 members (excludes halogenated alkanes) is 1. The molecule has 0 saturated carbocycles. The van der Waals surface area contributed by atoms with E-state index >= 15 is 0 Å². The van der Waals surface area contributed by atoms with Gasteiger partial charge >= 0.3 is 11.9 Å². The molecular formula is C12H19NO5S2. The van der Waals surface area contributed by atoms with E-state index in [1.165, 1.54) is 12.2 Å². The van der Waals surface area contributed by atoms with Crippen molar-refractivity contribution in [2.24, 2.45) is 0 Å². The van der Waals surface area contributed by atoms with Crippen LogP contribution < -0.4 is 5.32 Å². The molecule has 1 heterocycles. The molecule has 1 saturated heterocycles. The SMILES string of the molecule is O=C(O)C[C@H](NC(=O)CCCCC1CCSS1)C(=O)O. The summed E-state index contributed by atoms with van der Waals surface area (Å²) in [6.45, 7) is 0. The molecule has 1 fully saturated rings. The van der Waals surface area contributed by atoms with Crippen LogP contribution in [0.5, 0.6) is 0 Å². The van der Waals surface area contributed by atoms with E-state index in [1.54, 1.807) is 0 Å². The van der Waals surface area contributed by atoms with Gasteiger partial charge in [-0.2, -0.15) is 0 Å². The average molecular weight is 321 g/mol. The third-order valence-corrected chi connectivity index (χ3v) is 5.93. The Morgan fingerprint density at radius 3 is 2.55 bits per heavy atom. The largest absolute Gasteiger partial charge is 0.481 e. The van der Waals surface area contributed by atoms with E-state index in [0.717, 1.165) is 12.8 Å². The number of carboxylic acid groups (broad SMARTS) is 2. The number of amides is 1. The van der Waals surface area contributed by atoms with Crippen LogP contribution in [0.4, 0.5) is 0 Å². The topological polar surface area (TPSA) is 104 Å². The van der Waals surface area contributed by atoms with Gasteiger partial charge in [0.25, 0.3) is 0 Å². The van der Waals surface area contributed by atoms with Crippen molar-refractivity contribution in [3.05, 3.63) is 0 Å². The van der Waals surface area contributed by atoms with Crippen LogP contribution in [0.25, 0.3) is 0 Å². The predicted octanol–water partition coefficient (Wildman–Crippen LogP) is 1.74. The number of hydrogen-bond acceptors (Lipinski definition) is 5. The van der Waals surface area contributed by atoms with Crippen molar-refractivity contribution in [3.63, 3.8) is 0 Å². The first-order valence-corrected chi connectivity index (χ1v) is 8.89. The van der Waals surface area contributed by atoms with E-state index in [1.807, 2.05) is 21.6 Å². The third kappa shape index (κ3) is 7.04. The Bertz CT molecular complexity index is 358. The first-order valence-electron chi connectivity index (χ1n) is 6.51. The lowest BCUT2D eigenvalue weighted by molar-refractivity contribution is -0.147. The Labute approximate surface area is 125 Å². The van der Waals surface area contributed by atoms with Crippen LogP contribution in [-0.2, 0) is 14.4 Å². The second-order valence-corrected chi connectivity index (χ2v) is 7.42. The highest BCUT2D eigenvalue weighted by Gasteiger charge is 2.22. The number of carbonyl (C=O) groups is 3. The number of nitrogens with one attached hydrogen (secondary N) is 1. The van der Waals surface area contributed by atoms with E-state index in [0.29, 0.717) is 11.7 Å². The highest BCUT2D eigenvalue weighted by Crippen LogP contribution is 2.39. The van der Waals surface area contributed by atoms with Crippen LogP contribution in [0, 0.1) is 0 Å². The van der Waals surface area contributed by atoms with Crippen LogP contribution >= 0.6 is 21.6 Å². The lowest BCUT2D eigenvalue weighted by atomic mass is 10.1. The highest BCUT2D eigenvalue weighted by atomic mass is 33.1. The van der Waals surface area contributed by atoms with Gasteiger partial charge in [-0.1, -0.05) is 28.0 Å². The molecule has 6 nitrogen and oxygen atoms in total. The molecule has 0 radical (unpaired) electrons. The fourth-order valence-corrected chi connectivity index (χ4v) is 4.89. The van der Waals surface area contributed by atoms with Gasteiger partial charge in [-0.3, -0.25) is 9.59 Å². The van der Waals surface area contributed by atoms with Crippen molar-refractivity contribution >= 4 is 39.4 Å². The van der Waals surface area contributed by atoms with Crippen molar-refractivity contribution in [2.45, 2.75) is 49.8 Å². The summed E-state index contributed by atoms with van der Waals surface area (Å²) in [7, 11) is 3.78. The predicted molar refractivity (Wildman–Crippen MR) is 78.7 cm³/mol. The molecular weight excluding hydrogens is 302 g/mol. The normalized spacial score (nSPS) is 19.5. The van der Waals surface area contributed by atoms with Crippen LogP contribution in [0.3, 0.4) is 0 Å². The summed E-state index contributed by atoms with van der Waals surface area (Å²) >= 11 is 0. The molecule has 0 bridgehead atoms. The maximum absolute atomic E-state index is 11.6. The lowest BCUT2D eigenvalue weighted by Gasteiger charge is -2.12. The zero-order valence-corrected chi connectivity index (χ0v) is 12.7. The number of carbonyl (C=O) groups excluding carboxylic acids is 1. The minimum absolute atomic E-state index is 0.244. The number of rotatable bonds is 9. The summed E-state index contributed by atoms with van der Waals surface area (Å²) in [5, 5.41) is 20.3. The highest BCUT2D eigenvalue weighted by molar-refractivity contribution is 8.77. The first-order chi connectivity index (χ1) is 9.49. The zero-order chi connectivity index (χ0) is 15.0. The molecule has 0 aromatic heterocycles. The molecule has 0 aliphatic carbocycles. The van der Waals surface area contributed by atoms with Crippen LogP contribution in [0.2, 0.25) is 0 Å². The van der Waals surface area contributed by atoms with Gasteiger partial charge in [-0.05, 0) is 19.3 Å². The van der Waals surface area contributed by atoms with Crippen LogP contribution in [-0.4, -0.2) is 45.1 Å². The molecule has 0 aromatic carbocycles. The number of hydrogen-bond donors (Lipinski definition) is 3. The number of aliphatic carboxylic acids is 2. The van der Waals surface area contributed by atoms with Crippen LogP contribution in [0.1, 0.15) is 38.5 Å². The van der Waals surface area contributed by atoms with Crippen molar-refractivity contribution in [1.29, 1.82) is 0 Å². The smallest absolute Gasteiger partial charge is 0.326 e. The van der Waals surface area contributed by atoms with E-state index in [4.69, 9.17) is 10.2 Å². The Morgan fingerprint density at radius 2 is 2.00 bits per heavy atom. The van der Waals surface area contributed by atoms with E-state index < -0.39 is 30.3 Å². The molecule has 1 amide bonds. The molecule has 8 heteroatoms. The summed E-state index contributed by atoms with van der Waals surface area (Å²) in [6, 6.07) is -1.35. The Hall–Kier alpha value is -0.890. The van der Waals surface area contributed by atoms with Gasteiger partial charge in [0.05, 0.1) is 6.42 Å². The monoisotopic (exact) mass is 321 g/mol. The minimum atomic E-state index is -1.35. The van der Waals surface area contributed by atoms with Crippen molar-refractivity contribution in [1.82, 2.24) is 5.32 Å². The molecule has 0 spiro atoms. The van der Waals surface area contributed by atoms with E-state index in [2.05, 4.69) is 5.32 Å². The van der Waals surface area contributed by atoms with Crippen molar-refractivity contribution in [3.8, 4) is 0 Å². The van der Waals surface area contributed by atoms with E-state index in [9.17, 15) is 14.4 Å². The molecule has 0 aromatic rings. The fourth-order valence-electron chi connectivity index (χ4n) is 1.86. The van der Waals surface area contributed by atoms with Gasteiger partial charge in [0, 0.05) is 17.4 Å². The summed E-state index contributed by atoms with van der Waals surface area (Å²) in [5.41, 5.74) is 0. The number of carboxylic acids is 2. The quantitative estimate of drug-likeness (QED) is 0.439. The average Bonchev–Trinajstić information content (AvgIpc) is 2.86. The van der Waals surface area contributed by atoms with Crippen molar-refractivity contribution < 1.29 is 24.6 Å². The Balaban J connectivity index is 2.17. The lowest BCUT2D eigenvalue weighted by Crippen LogP contribution is -2.42. The molecule has 2 atom stereocenters. The van der Waals surface area contributed by atoms with Gasteiger partial charge in [0.2, 0.25) is 5.91 Å². The first kappa shape index (κ1) is 17.2. The molecule has 1 rings (SSSR count). The van der Waals surface area contributed by atoms with Gasteiger partial charge in [0.15, 0.2) is 0 Å². The van der Waals surface area contributed by atoms with Gasteiger partial charge in [-0.25, -0.2) is 4.79 Å². The second kappa shape index (κ2) is 9.12. The maximum atomic E-state index is 11.6. The van der Waals surface area contributed by atoms with Gasteiger partial charge in [0.1, 0.15) is 6.04 Å². The molecule has 1 aliphatic heterocycles. The molecule has 1 aliphatic rings. The standard InChI is InChI=1S/C12H19NO5S2/c14-10(13-9(12(17)18)7-11(15)16)4-2-1-3-8-5-6-19-20-8/h8-9H,1-7H2,(H,13,14)(H,15,16)(H,17,18)/t8?,9-/m0/s1. The van der Waals surface area contributed by atoms with Gasteiger partial charge in [-0.15, -0.1) is 0 Å². The summed E-state index contributed by atoms with van der Waals surface area (Å²) < 4.78 is 0. The zero-order valence-electron chi connectivity index (χ0n) is 11.0. The molecule has 20 heavy (non-hydrogen) atoms. The summed E-state index contributed by atoms with van der Waals surface area (Å²) in [6.07, 6.45) is 3.56. The van der Waals surface area contributed by atoms with Crippen molar-refractivity contribution in [2.75, 3.05) is 5.75 Å². The fraction of sp³-hybridized carbons (Fsp3) is 0.750. The molecule has 114 valence electrons. The maximum Gasteiger partial charge on any atom is 0.326 e. The summed E-state index contributed by atoms with van der Waals surface area (Å²) in [4.78, 5) is 32.8. The van der Waals surface area contributed by atoms with Gasteiger partial charge < -0.3 is 15.5 Å². The Kier molecular flexibility index (Phi) is 7.83. The van der Waals surface area contributed by atoms with E-state index in [-0.39, 0.29) is 6.42 Å². The van der Waals surface area contributed by atoms with Crippen LogP contribution in [0.15, 0.2) is 0 Å². The Morgan fingerprint density at radius 1 is 1.25 bits per heavy atom. The minimum Gasteiger partial charge on any atom is -0.481 e. The second-order valence-electron chi connectivity index (χ2n) is 4.63. The summed E-state index contributed by atoms with van der Waals surface area (Å²) in [5.74, 6) is -1.77.